The van der Waals surface area contributed by atoms with E-state index >= 15 is 0 Å². The monoisotopic (exact) mass is 325 g/mol. The maximum atomic E-state index is 13.2. The van der Waals surface area contributed by atoms with Gasteiger partial charge in [-0.2, -0.15) is 5.26 Å². The molecule has 6 heteroatoms. The number of rotatable bonds is 3. The van der Waals surface area contributed by atoms with Crippen LogP contribution in [0.2, 0.25) is 10.0 Å². The van der Waals surface area contributed by atoms with Gasteiger partial charge in [-0.25, -0.2) is 8.78 Å². The summed E-state index contributed by atoms with van der Waals surface area (Å²) in [7, 11) is 0. The zero-order valence-electron chi connectivity index (χ0n) is 10.4. The van der Waals surface area contributed by atoms with Crippen LogP contribution in [0.25, 0.3) is 0 Å². The van der Waals surface area contributed by atoms with Crippen molar-refractivity contribution in [3.63, 3.8) is 0 Å². The largest absolute Gasteiger partial charge is 0.292 e. The van der Waals surface area contributed by atoms with Gasteiger partial charge in [-0.05, 0) is 29.8 Å². The Hall–Kier alpha value is -1.96. The van der Waals surface area contributed by atoms with Gasteiger partial charge in [0.25, 0.3) is 0 Å². The Morgan fingerprint density at radius 2 is 1.67 bits per heavy atom. The summed E-state index contributed by atoms with van der Waals surface area (Å²) in [6.07, 6.45) is 0. The highest BCUT2D eigenvalue weighted by Gasteiger charge is 2.23. The van der Waals surface area contributed by atoms with Crippen molar-refractivity contribution in [2.45, 2.75) is 5.92 Å². The topological polar surface area (TPSA) is 40.9 Å². The molecule has 0 fully saturated rings. The minimum absolute atomic E-state index is 0.188. The van der Waals surface area contributed by atoms with Crippen molar-refractivity contribution in [2.75, 3.05) is 0 Å². The molecule has 0 aliphatic carbocycles. The predicted molar refractivity (Wildman–Crippen MR) is 75.5 cm³/mol. The molecule has 0 aliphatic rings. The third-order valence-electron chi connectivity index (χ3n) is 2.82. The Bertz CT molecular complexity index is 736. The fourth-order valence-electron chi connectivity index (χ4n) is 1.84. The summed E-state index contributed by atoms with van der Waals surface area (Å²) in [5.41, 5.74) is 0.0895. The lowest BCUT2D eigenvalue weighted by Gasteiger charge is -2.10. The van der Waals surface area contributed by atoms with Crippen LogP contribution >= 0.6 is 23.2 Å². The Balaban J connectivity index is 2.43. The second-order valence-corrected chi connectivity index (χ2v) is 5.07. The number of carbonyl (C=O) groups excluding carboxylic acids is 1. The fraction of sp³-hybridized carbons (Fsp3) is 0.0667. The third kappa shape index (κ3) is 3.38. The second kappa shape index (κ2) is 6.21. The molecule has 0 N–H and O–H groups in total. The van der Waals surface area contributed by atoms with Crippen LogP contribution in [0.15, 0.2) is 36.4 Å². The van der Waals surface area contributed by atoms with E-state index in [0.717, 1.165) is 12.1 Å². The molecule has 0 radical (unpaired) electrons. The third-order valence-corrected chi connectivity index (χ3v) is 3.55. The summed E-state index contributed by atoms with van der Waals surface area (Å²) < 4.78 is 26.3. The van der Waals surface area contributed by atoms with E-state index in [4.69, 9.17) is 23.2 Å². The Labute approximate surface area is 129 Å². The van der Waals surface area contributed by atoms with Gasteiger partial charge in [0.2, 0.25) is 0 Å². The van der Waals surface area contributed by atoms with E-state index in [0.29, 0.717) is 11.6 Å². The van der Waals surface area contributed by atoms with Crippen molar-refractivity contribution in [1.82, 2.24) is 0 Å². The number of nitrogens with zero attached hydrogens (tertiary/aromatic N) is 1. The van der Waals surface area contributed by atoms with Gasteiger partial charge in [-0.1, -0.05) is 29.3 Å². The molecule has 0 heterocycles. The average Bonchev–Trinajstić information content (AvgIpc) is 2.42. The molecule has 0 saturated carbocycles. The van der Waals surface area contributed by atoms with Gasteiger partial charge in [0, 0.05) is 11.6 Å². The van der Waals surface area contributed by atoms with Gasteiger partial charge in [0.15, 0.2) is 5.78 Å². The molecular formula is C15H7Cl2F2NO. The number of ketones is 1. The summed E-state index contributed by atoms with van der Waals surface area (Å²) in [5.74, 6) is -3.70. The zero-order chi connectivity index (χ0) is 15.6. The van der Waals surface area contributed by atoms with Crippen molar-refractivity contribution >= 4 is 29.0 Å². The summed E-state index contributed by atoms with van der Waals surface area (Å²) in [6.45, 7) is 0. The number of hydrogen-bond acceptors (Lipinski definition) is 2. The lowest BCUT2D eigenvalue weighted by atomic mass is 9.92. The molecule has 2 aromatic rings. The van der Waals surface area contributed by atoms with Gasteiger partial charge < -0.3 is 0 Å². The van der Waals surface area contributed by atoms with Crippen LogP contribution in [0.5, 0.6) is 0 Å². The lowest BCUT2D eigenvalue weighted by molar-refractivity contribution is 0.0978. The van der Waals surface area contributed by atoms with E-state index in [1.54, 1.807) is 6.07 Å². The fourth-order valence-corrected chi connectivity index (χ4v) is 2.15. The van der Waals surface area contributed by atoms with Crippen LogP contribution in [0.1, 0.15) is 21.8 Å². The number of halogens is 4. The van der Waals surface area contributed by atoms with Crippen molar-refractivity contribution in [3.05, 3.63) is 69.2 Å². The number of hydrogen-bond donors (Lipinski definition) is 0. The molecule has 1 atom stereocenters. The van der Waals surface area contributed by atoms with Crippen molar-refractivity contribution in [3.8, 4) is 6.07 Å². The molecule has 0 spiro atoms. The summed E-state index contributed by atoms with van der Waals surface area (Å²) >= 11 is 11.6. The van der Waals surface area contributed by atoms with Crippen molar-refractivity contribution < 1.29 is 13.6 Å². The maximum absolute atomic E-state index is 13.2. The smallest absolute Gasteiger partial charge is 0.184 e. The molecule has 0 aliphatic heterocycles. The van der Waals surface area contributed by atoms with Crippen molar-refractivity contribution in [2.24, 2.45) is 0 Å². The number of carbonyl (C=O) groups is 1. The Kier molecular flexibility index (Phi) is 4.56. The molecular weight excluding hydrogens is 319 g/mol. The molecule has 106 valence electrons. The Morgan fingerprint density at radius 1 is 1.05 bits per heavy atom. The molecule has 0 amide bonds. The Morgan fingerprint density at radius 3 is 2.19 bits per heavy atom. The van der Waals surface area contributed by atoms with E-state index in [1.807, 2.05) is 0 Å². The van der Waals surface area contributed by atoms with Gasteiger partial charge in [-0.15, -0.1) is 0 Å². The number of benzene rings is 2. The molecule has 2 aromatic carbocycles. The minimum atomic E-state index is -1.22. The van der Waals surface area contributed by atoms with E-state index in [2.05, 4.69) is 0 Å². The van der Waals surface area contributed by atoms with Gasteiger partial charge in [0.05, 0.1) is 16.1 Å². The van der Waals surface area contributed by atoms with Crippen LogP contribution in [0.3, 0.4) is 0 Å². The number of Topliss-reactive ketones (excluding diaryl/α,β-unsaturated/α-hetero) is 1. The summed E-state index contributed by atoms with van der Waals surface area (Å²) in [5, 5.41) is 9.64. The molecule has 0 bridgehead atoms. The van der Waals surface area contributed by atoms with E-state index < -0.39 is 23.3 Å². The molecule has 1 unspecified atom stereocenters. The van der Waals surface area contributed by atoms with E-state index in [9.17, 15) is 18.8 Å². The minimum Gasteiger partial charge on any atom is -0.292 e. The highest BCUT2D eigenvalue weighted by atomic mass is 35.5. The molecule has 21 heavy (non-hydrogen) atoms. The first kappa shape index (κ1) is 15.4. The summed E-state index contributed by atoms with van der Waals surface area (Å²) in [6, 6.07) is 8.52. The van der Waals surface area contributed by atoms with Gasteiger partial charge >= 0.3 is 0 Å². The first-order chi connectivity index (χ1) is 9.92. The van der Waals surface area contributed by atoms with Crippen LogP contribution in [-0.4, -0.2) is 5.78 Å². The van der Waals surface area contributed by atoms with E-state index in [1.165, 1.54) is 18.2 Å². The first-order valence-electron chi connectivity index (χ1n) is 5.77. The predicted octanol–water partition coefficient (Wildman–Crippen LogP) is 4.76. The lowest BCUT2D eigenvalue weighted by Crippen LogP contribution is -2.12. The standard InChI is InChI=1S/C15H7Cl2F2NO/c16-13-2-1-8(5-14(13)17)12(7-20)15(21)9-3-10(18)6-11(19)4-9/h1-6,12H. The van der Waals surface area contributed by atoms with Crippen molar-refractivity contribution in [1.29, 1.82) is 5.26 Å². The second-order valence-electron chi connectivity index (χ2n) is 4.26. The average molecular weight is 326 g/mol. The quantitative estimate of drug-likeness (QED) is 0.763. The highest BCUT2D eigenvalue weighted by Crippen LogP contribution is 2.28. The molecule has 0 aromatic heterocycles. The van der Waals surface area contributed by atoms with Crippen LogP contribution in [0.4, 0.5) is 8.78 Å². The van der Waals surface area contributed by atoms with Gasteiger partial charge in [-0.3, -0.25) is 4.79 Å². The molecule has 2 rings (SSSR count). The number of nitriles is 1. The maximum Gasteiger partial charge on any atom is 0.184 e. The first-order valence-corrected chi connectivity index (χ1v) is 6.53. The molecule has 0 saturated heterocycles. The van der Waals surface area contributed by atoms with Crippen LogP contribution in [0, 0.1) is 23.0 Å². The summed E-state index contributed by atoms with van der Waals surface area (Å²) in [4.78, 5) is 12.2. The SMILES string of the molecule is N#CC(C(=O)c1cc(F)cc(F)c1)c1ccc(Cl)c(Cl)c1. The van der Waals surface area contributed by atoms with Crippen LogP contribution in [-0.2, 0) is 0 Å². The van der Waals surface area contributed by atoms with E-state index in [-0.39, 0.29) is 15.6 Å². The molecule has 2 nitrogen and oxygen atoms in total. The highest BCUT2D eigenvalue weighted by molar-refractivity contribution is 6.42. The van der Waals surface area contributed by atoms with Crippen LogP contribution < -0.4 is 0 Å². The normalized spacial score (nSPS) is 11.8. The zero-order valence-corrected chi connectivity index (χ0v) is 11.9. The van der Waals surface area contributed by atoms with Gasteiger partial charge in [0.1, 0.15) is 17.6 Å².